The maximum Gasteiger partial charge on any atom is 0.135 e. The van der Waals surface area contributed by atoms with Crippen LogP contribution in [0.4, 0.5) is 11.6 Å². The Morgan fingerprint density at radius 2 is 2.11 bits per heavy atom. The van der Waals surface area contributed by atoms with Gasteiger partial charge in [-0.15, -0.1) is 0 Å². The fourth-order valence-corrected chi connectivity index (χ4v) is 1.52. The van der Waals surface area contributed by atoms with Gasteiger partial charge in [0.25, 0.3) is 0 Å². The second-order valence-electron chi connectivity index (χ2n) is 4.37. The Bertz CT molecular complexity index is 510. The molecule has 0 aromatic carbocycles. The van der Waals surface area contributed by atoms with Crippen molar-refractivity contribution in [2.75, 3.05) is 11.1 Å². The molecule has 0 aliphatic rings. The van der Waals surface area contributed by atoms with Crippen LogP contribution < -0.4 is 11.1 Å². The minimum Gasteiger partial charge on any atom is -0.384 e. The number of nitrogens with zero attached hydrogens (tertiary/aromatic N) is 3. The van der Waals surface area contributed by atoms with Crippen LogP contribution in [0.5, 0.6) is 0 Å². The molecule has 0 saturated heterocycles. The van der Waals surface area contributed by atoms with Gasteiger partial charge >= 0.3 is 0 Å². The summed E-state index contributed by atoms with van der Waals surface area (Å²) in [6, 6.07) is 7.54. The molecule has 0 saturated carbocycles. The molecule has 0 aliphatic heterocycles. The summed E-state index contributed by atoms with van der Waals surface area (Å²) in [6.45, 7) is 4.70. The van der Waals surface area contributed by atoms with Gasteiger partial charge < -0.3 is 11.1 Å². The van der Waals surface area contributed by atoms with Gasteiger partial charge in [-0.3, -0.25) is 4.98 Å². The van der Waals surface area contributed by atoms with Crippen LogP contribution in [0.15, 0.2) is 30.5 Å². The molecule has 0 fully saturated rings. The summed E-state index contributed by atoms with van der Waals surface area (Å²) in [4.78, 5) is 12.9. The number of hydrogen-bond acceptors (Lipinski definition) is 5. The second-order valence-corrected chi connectivity index (χ2v) is 4.37. The predicted octanol–water partition coefficient (Wildman–Crippen LogP) is 2.19. The predicted molar refractivity (Wildman–Crippen MR) is 72.1 cm³/mol. The third-order valence-electron chi connectivity index (χ3n) is 2.46. The first-order valence-corrected chi connectivity index (χ1v) is 5.93. The molecule has 18 heavy (non-hydrogen) atoms. The Kier molecular flexibility index (Phi) is 3.72. The van der Waals surface area contributed by atoms with E-state index in [1.165, 1.54) is 0 Å². The fraction of sp³-hybridized carbons (Fsp3) is 0.308. The third kappa shape index (κ3) is 3.16. The molecule has 2 aromatic rings. The summed E-state index contributed by atoms with van der Waals surface area (Å²) in [6.07, 6.45) is 1.77. The van der Waals surface area contributed by atoms with Gasteiger partial charge in [0.05, 0.1) is 12.2 Å². The fourth-order valence-electron chi connectivity index (χ4n) is 1.52. The molecule has 0 aliphatic carbocycles. The lowest BCUT2D eigenvalue weighted by Gasteiger charge is -2.09. The van der Waals surface area contributed by atoms with Crippen LogP contribution >= 0.6 is 0 Å². The number of aromatic nitrogens is 3. The molecular formula is C13H17N5. The highest BCUT2D eigenvalue weighted by atomic mass is 15.1. The quantitative estimate of drug-likeness (QED) is 0.860. The average Bonchev–Trinajstić information content (AvgIpc) is 2.37. The molecule has 94 valence electrons. The van der Waals surface area contributed by atoms with Crippen molar-refractivity contribution in [3.8, 4) is 0 Å². The molecule has 5 heteroatoms. The topological polar surface area (TPSA) is 76.7 Å². The zero-order valence-electron chi connectivity index (χ0n) is 10.6. The largest absolute Gasteiger partial charge is 0.384 e. The van der Waals surface area contributed by atoms with Crippen LogP contribution in [-0.4, -0.2) is 15.0 Å². The van der Waals surface area contributed by atoms with E-state index in [1.54, 1.807) is 12.3 Å². The van der Waals surface area contributed by atoms with Gasteiger partial charge in [-0.25, -0.2) is 9.97 Å². The molecule has 0 radical (unpaired) electrons. The molecule has 2 aromatic heterocycles. The minimum atomic E-state index is 0.254. The van der Waals surface area contributed by atoms with Crippen LogP contribution in [0.3, 0.4) is 0 Å². The molecule has 0 atom stereocenters. The SMILES string of the molecule is CC(C)c1nc(N)cc(NCc2ccccn2)n1. The molecule has 2 rings (SSSR count). The highest BCUT2D eigenvalue weighted by molar-refractivity contribution is 5.45. The average molecular weight is 243 g/mol. The van der Waals surface area contributed by atoms with E-state index in [2.05, 4.69) is 20.3 Å². The van der Waals surface area contributed by atoms with E-state index in [9.17, 15) is 0 Å². The third-order valence-corrected chi connectivity index (χ3v) is 2.46. The number of nitrogens with two attached hydrogens (primary N) is 1. The Labute approximate surface area is 106 Å². The number of rotatable bonds is 4. The second kappa shape index (κ2) is 5.44. The maximum absolute atomic E-state index is 5.76. The van der Waals surface area contributed by atoms with Gasteiger partial charge in [-0.05, 0) is 12.1 Å². The van der Waals surface area contributed by atoms with E-state index in [4.69, 9.17) is 5.73 Å². The van der Waals surface area contributed by atoms with Gasteiger partial charge in [0.15, 0.2) is 0 Å². The summed E-state index contributed by atoms with van der Waals surface area (Å²) in [5.74, 6) is 2.22. The zero-order chi connectivity index (χ0) is 13.0. The maximum atomic E-state index is 5.76. The van der Waals surface area contributed by atoms with Crippen LogP contribution in [0.2, 0.25) is 0 Å². The first-order valence-electron chi connectivity index (χ1n) is 5.93. The smallest absolute Gasteiger partial charge is 0.135 e. The van der Waals surface area contributed by atoms with Crippen molar-refractivity contribution in [3.05, 3.63) is 42.0 Å². The van der Waals surface area contributed by atoms with Crippen molar-refractivity contribution in [3.63, 3.8) is 0 Å². The minimum absolute atomic E-state index is 0.254. The summed E-state index contributed by atoms with van der Waals surface area (Å²) < 4.78 is 0. The standard InChI is InChI=1S/C13H17N5/c1-9(2)13-17-11(14)7-12(18-13)16-8-10-5-3-4-6-15-10/h3-7,9H,8H2,1-2H3,(H3,14,16,17,18). The number of nitrogens with one attached hydrogen (secondary N) is 1. The van der Waals surface area contributed by atoms with Crippen LogP contribution in [0.1, 0.15) is 31.3 Å². The number of nitrogen functional groups attached to an aromatic ring is 1. The molecule has 5 nitrogen and oxygen atoms in total. The van der Waals surface area contributed by atoms with Gasteiger partial charge in [-0.2, -0.15) is 0 Å². The summed E-state index contributed by atoms with van der Waals surface area (Å²) >= 11 is 0. The van der Waals surface area contributed by atoms with Crippen LogP contribution in [0, 0.1) is 0 Å². The van der Waals surface area contributed by atoms with E-state index in [-0.39, 0.29) is 5.92 Å². The Balaban J connectivity index is 2.10. The lowest BCUT2D eigenvalue weighted by molar-refractivity contribution is 0.776. The van der Waals surface area contributed by atoms with Crippen molar-refractivity contribution in [1.82, 2.24) is 15.0 Å². The van der Waals surface area contributed by atoms with E-state index < -0.39 is 0 Å². The number of hydrogen-bond donors (Lipinski definition) is 2. The number of pyridine rings is 1. The van der Waals surface area contributed by atoms with Crippen molar-refractivity contribution in [2.45, 2.75) is 26.3 Å². The summed E-state index contributed by atoms with van der Waals surface area (Å²) in [7, 11) is 0. The van der Waals surface area contributed by atoms with Gasteiger partial charge in [0, 0.05) is 18.2 Å². The van der Waals surface area contributed by atoms with Crippen molar-refractivity contribution in [2.24, 2.45) is 0 Å². The van der Waals surface area contributed by atoms with Gasteiger partial charge in [0.2, 0.25) is 0 Å². The molecule has 0 spiro atoms. The zero-order valence-corrected chi connectivity index (χ0v) is 10.6. The molecule has 2 heterocycles. The molecule has 3 N–H and O–H groups in total. The highest BCUT2D eigenvalue weighted by Crippen LogP contribution is 2.15. The van der Waals surface area contributed by atoms with Crippen LogP contribution in [-0.2, 0) is 6.54 Å². The molecule has 0 amide bonds. The molecular weight excluding hydrogens is 226 g/mol. The molecule has 0 unspecified atom stereocenters. The Morgan fingerprint density at radius 1 is 1.28 bits per heavy atom. The van der Waals surface area contributed by atoms with Crippen molar-refractivity contribution < 1.29 is 0 Å². The van der Waals surface area contributed by atoms with Gasteiger partial charge in [0.1, 0.15) is 17.5 Å². The Hall–Kier alpha value is -2.17. The lowest BCUT2D eigenvalue weighted by atomic mass is 10.2. The van der Waals surface area contributed by atoms with Gasteiger partial charge in [-0.1, -0.05) is 19.9 Å². The lowest BCUT2D eigenvalue weighted by Crippen LogP contribution is -2.08. The van der Waals surface area contributed by atoms with E-state index in [1.807, 2.05) is 32.0 Å². The van der Waals surface area contributed by atoms with Crippen LogP contribution in [0.25, 0.3) is 0 Å². The highest BCUT2D eigenvalue weighted by Gasteiger charge is 2.06. The van der Waals surface area contributed by atoms with Crippen molar-refractivity contribution >= 4 is 11.6 Å². The molecule has 0 bridgehead atoms. The first-order chi connectivity index (χ1) is 8.65. The van der Waals surface area contributed by atoms with E-state index in [0.29, 0.717) is 12.4 Å². The number of anilines is 2. The Morgan fingerprint density at radius 3 is 2.78 bits per heavy atom. The van der Waals surface area contributed by atoms with E-state index in [0.717, 1.165) is 17.3 Å². The van der Waals surface area contributed by atoms with E-state index >= 15 is 0 Å². The van der Waals surface area contributed by atoms with Crippen molar-refractivity contribution in [1.29, 1.82) is 0 Å². The normalized spacial score (nSPS) is 10.6. The monoisotopic (exact) mass is 243 g/mol. The first kappa shape index (κ1) is 12.3. The summed E-state index contributed by atoms with van der Waals surface area (Å²) in [5.41, 5.74) is 6.72. The summed E-state index contributed by atoms with van der Waals surface area (Å²) in [5, 5.41) is 3.20.